The van der Waals surface area contributed by atoms with Gasteiger partial charge in [-0.1, -0.05) is 13.3 Å². The smallest absolute Gasteiger partial charge is 0.322 e. The van der Waals surface area contributed by atoms with Crippen LogP contribution in [0.2, 0.25) is 0 Å². The van der Waals surface area contributed by atoms with Gasteiger partial charge >= 0.3 is 12.0 Å². The van der Waals surface area contributed by atoms with Gasteiger partial charge in [-0.15, -0.1) is 0 Å². The van der Waals surface area contributed by atoms with E-state index in [2.05, 4.69) is 5.32 Å². The standard InChI is InChI=1S/C10H21N3O3/c1-2-3-7-16-9(14)8(11)5-4-6-13-10(12)15/h8H,2-7,11H2,1H3,(H3,12,13,15)/t8-/m0/s1. The van der Waals surface area contributed by atoms with Gasteiger partial charge in [0, 0.05) is 6.54 Å². The number of hydrogen-bond acceptors (Lipinski definition) is 4. The van der Waals surface area contributed by atoms with E-state index in [0.717, 1.165) is 12.8 Å². The SMILES string of the molecule is CCCCOC(=O)[C@@H](N)CCCNC(N)=O. The molecule has 6 nitrogen and oxygen atoms in total. The number of nitrogens with two attached hydrogens (primary N) is 2. The van der Waals surface area contributed by atoms with E-state index in [1.807, 2.05) is 6.92 Å². The summed E-state index contributed by atoms with van der Waals surface area (Å²) in [7, 11) is 0. The lowest BCUT2D eigenvalue weighted by Gasteiger charge is -2.11. The van der Waals surface area contributed by atoms with Gasteiger partial charge in [-0.25, -0.2) is 4.79 Å². The predicted molar refractivity (Wildman–Crippen MR) is 60.7 cm³/mol. The van der Waals surface area contributed by atoms with Crippen LogP contribution in [0.15, 0.2) is 0 Å². The number of ether oxygens (including phenoxy) is 1. The van der Waals surface area contributed by atoms with Gasteiger partial charge in [-0.3, -0.25) is 4.79 Å². The van der Waals surface area contributed by atoms with Crippen LogP contribution in [0.5, 0.6) is 0 Å². The summed E-state index contributed by atoms with van der Waals surface area (Å²) in [5, 5.41) is 2.42. The number of carbonyl (C=O) groups excluding carboxylic acids is 2. The highest BCUT2D eigenvalue weighted by molar-refractivity contribution is 5.75. The average molecular weight is 231 g/mol. The Morgan fingerprint density at radius 3 is 2.62 bits per heavy atom. The molecule has 2 amide bonds. The summed E-state index contributed by atoms with van der Waals surface area (Å²) in [6.07, 6.45) is 2.91. The fraction of sp³-hybridized carbons (Fsp3) is 0.800. The van der Waals surface area contributed by atoms with Crippen LogP contribution in [-0.4, -0.2) is 31.2 Å². The normalized spacial score (nSPS) is 11.9. The molecule has 0 saturated carbocycles. The first-order valence-corrected chi connectivity index (χ1v) is 5.53. The van der Waals surface area contributed by atoms with Gasteiger partial charge in [-0.2, -0.15) is 0 Å². The summed E-state index contributed by atoms with van der Waals surface area (Å²) in [5.41, 5.74) is 10.5. The molecule has 0 aliphatic heterocycles. The topological polar surface area (TPSA) is 107 Å². The van der Waals surface area contributed by atoms with E-state index in [9.17, 15) is 9.59 Å². The molecule has 5 N–H and O–H groups in total. The monoisotopic (exact) mass is 231 g/mol. The van der Waals surface area contributed by atoms with E-state index in [-0.39, 0.29) is 5.97 Å². The Morgan fingerprint density at radius 2 is 2.06 bits per heavy atom. The van der Waals surface area contributed by atoms with Crippen molar-refractivity contribution in [1.82, 2.24) is 5.32 Å². The molecule has 0 aliphatic rings. The van der Waals surface area contributed by atoms with E-state index < -0.39 is 12.1 Å². The second kappa shape index (κ2) is 8.96. The van der Waals surface area contributed by atoms with Gasteiger partial charge in [-0.05, 0) is 19.3 Å². The van der Waals surface area contributed by atoms with Crippen molar-refractivity contribution in [2.24, 2.45) is 11.5 Å². The highest BCUT2D eigenvalue weighted by atomic mass is 16.5. The Balaban J connectivity index is 3.51. The Bertz CT molecular complexity index is 221. The molecule has 0 aromatic heterocycles. The van der Waals surface area contributed by atoms with Crippen LogP contribution in [0.4, 0.5) is 4.79 Å². The fourth-order valence-corrected chi connectivity index (χ4v) is 1.08. The number of rotatable bonds is 8. The number of hydrogen-bond donors (Lipinski definition) is 3. The molecule has 94 valence electrons. The molecule has 6 heteroatoms. The number of amides is 2. The molecule has 0 heterocycles. The Morgan fingerprint density at radius 1 is 1.38 bits per heavy atom. The van der Waals surface area contributed by atoms with Crippen molar-refractivity contribution < 1.29 is 14.3 Å². The van der Waals surface area contributed by atoms with Crippen molar-refractivity contribution >= 4 is 12.0 Å². The predicted octanol–water partition coefficient (Wildman–Crippen LogP) is 0.106. The third-order valence-corrected chi connectivity index (χ3v) is 2.04. The quantitative estimate of drug-likeness (QED) is 0.407. The van der Waals surface area contributed by atoms with Gasteiger partial charge in [0.15, 0.2) is 0 Å². The van der Waals surface area contributed by atoms with E-state index in [0.29, 0.717) is 26.0 Å². The second-order valence-electron chi connectivity index (χ2n) is 3.56. The van der Waals surface area contributed by atoms with Crippen molar-refractivity contribution in [3.8, 4) is 0 Å². The minimum atomic E-state index is -0.619. The number of primary amides is 1. The molecular formula is C10H21N3O3. The first-order chi connectivity index (χ1) is 7.57. The van der Waals surface area contributed by atoms with Gasteiger partial charge in [0.1, 0.15) is 6.04 Å². The molecule has 0 aromatic carbocycles. The van der Waals surface area contributed by atoms with Gasteiger partial charge < -0.3 is 21.5 Å². The second-order valence-corrected chi connectivity index (χ2v) is 3.56. The molecule has 0 bridgehead atoms. The molecule has 0 rings (SSSR count). The zero-order valence-electron chi connectivity index (χ0n) is 9.70. The highest BCUT2D eigenvalue weighted by Gasteiger charge is 2.13. The van der Waals surface area contributed by atoms with Gasteiger partial charge in [0.2, 0.25) is 0 Å². The third-order valence-electron chi connectivity index (χ3n) is 2.04. The van der Waals surface area contributed by atoms with Gasteiger partial charge in [0.05, 0.1) is 6.61 Å². The summed E-state index contributed by atoms with van der Waals surface area (Å²) < 4.78 is 4.95. The summed E-state index contributed by atoms with van der Waals surface area (Å²) in [6.45, 7) is 2.86. The van der Waals surface area contributed by atoms with Crippen LogP contribution in [0.1, 0.15) is 32.6 Å². The summed E-state index contributed by atoms with van der Waals surface area (Å²) >= 11 is 0. The number of urea groups is 1. The molecule has 0 radical (unpaired) electrons. The maximum atomic E-state index is 11.3. The van der Waals surface area contributed by atoms with E-state index in [1.165, 1.54) is 0 Å². The Hall–Kier alpha value is -1.30. The molecular weight excluding hydrogens is 210 g/mol. The van der Waals surface area contributed by atoms with Crippen LogP contribution in [0, 0.1) is 0 Å². The van der Waals surface area contributed by atoms with Gasteiger partial charge in [0.25, 0.3) is 0 Å². The fourth-order valence-electron chi connectivity index (χ4n) is 1.08. The molecule has 0 unspecified atom stereocenters. The zero-order chi connectivity index (χ0) is 12.4. The Labute approximate surface area is 95.7 Å². The molecule has 0 saturated heterocycles. The van der Waals surface area contributed by atoms with Crippen LogP contribution in [0.3, 0.4) is 0 Å². The molecule has 0 aromatic rings. The molecule has 0 spiro atoms. The number of carbonyl (C=O) groups is 2. The lowest BCUT2D eigenvalue weighted by atomic mass is 10.2. The molecule has 0 aliphatic carbocycles. The molecule has 0 fully saturated rings. The largest absolute Gasteiger partial charge is 0.465 e. The minimum absolute atomic E-state index is 0.382. The van der Waals surface area contributed by atoms with Crippen molar-refractivity contribution in [1.29, 1.82) is 0 Å². The van der Waals surface area contributed by atoms with Crippen LogP contribution >= 0.6 is 0 Å². The summed E-state index contributed by atoms with van der Waals surface area (Å²) in [5.74, 6) is -0.382. The highest BCUT2D eigenvalue weighted by Crippen LogP contribution is 1.98. The first-order valence-electron chi connectivity index (χ1n) is 5.53. The maximum Gasteiger partial charge on any atom is 0.322 e. The van der Waals surface area contributed by atoms with Crippen LogP contribution in [-0.2, 0) is 9.53 Å². The third kappa shape index (κ3) is 8.05. The molecule has 16 heavy (non-hydrogen) atoms. The van der Waals surface area contributed by atoms with E-state index in [1.54, 1.807) is 0 Å². The van der Waals surface area contributed by atoms with E-state index in [4.69, 9.17) is 16.2 Å². The summed E-state index contributed by atoms with van der Waals surface area (Å²) in [6, 6.07) is -1.19. The van der Waals surface area contributed by atoms with Crippen molar-refractivity contribution in [3.63, 3.8) is 0 Å². The van der Waals surface area contributed by atoms with Crippen molar-refractivity contribution in [2.75, 3.05) is 13.2 Å². The van der Waals surface area contributed by atoms with Crippen LogP contribution in [0.25, 0.3) is 0 Å². The van der Waals surface area contributed by atoms with Crippen molar-refractivity contribution in [2.45, 2.75) is 38.6 Å². The number of esters is 1. The minimum Gasteiger partial charge on any atom is -0.465 e. The number of unbranched alkanes of at least 4 members (excludes halogenated alkanes) is 1. The zero-order valence-corrected chi connectivity index (χ0v) is 9.70. The maximum absolute atomic E-state index is 11.3. The van der Waals surface area contributed by atoms with E-state index >= 15 is 0 Å². The number of nitrogens with one attached hydrogen (secondary N) is 1. The van der Waals surface area contributed by atoms with Crippen molar-refractivity contribution in [3.05, 3.63) is 0 Å². The summed E-state index contributed by atoms with van der Waals surface area (Å²) in [4.78, 5) is 21.6. The van der Waals surface area contributed by atoms with Crippen LogP contribution < -0.4 is 16.8 Å². The lowest BCUT2D eigenvalue weighted by Crippen LogP contribution is -2.35. The molecule has 1 atom stereocenters. The average Bonchev–Trinajstić information content (AvgIpc) is 2.24. The first kappa shape index (κ1) is 14.7. The Kier molecular flexibility index (Phi) is 8.24. The lowest BCUT2D eigenvalue weighted by molar-refractivity contribution is -0.145.